The number of amides is 2. The van der Waals surface area contributed by atoms with Crippen molar-refractivity contribution in [1.82, 2.24) is 34.1 Å². The van der Waals surface area contributed by atoms with E-state index in [0.717, 1.165) is 16.9 Å². The van der Waals surface area contributed by atoms with E-state index in [-0.39, 0.29) is 54.2 Å². The van der Waals surface area contributed by atoms with E-state index in [1.165, 1.54) is 22.1 Å². The van der Waals surface area contributed by atoms with Crippen LogP contribution in [0, 0.1) is 0 Å². The normalized spacial score (nSPS) is 11.4. The molecule has 0 atom stereocenters. The molecule has 2 amide bonds. The Bertz CT molecular complexity index is 1960. The molecule has 0 saturated heterocycles. The number of hydrogen-bond donors (Lipinski definition) is 2. The number of carbonyl (C=O) groups excluding carboxylic acids is 3. The van der Waals surface area contributed by atoms with Crippen LogP contribution in [0.4, 0.5) is 10.6 Å². The number of ether oxygens (including phenoxy) is 3. The second kappa shape index (κ2) is 14.9. The number of nitrogens with one attached hydrogen (secondary N) is 2. The fraction of sp³-hybridized carbons (Fsp3) is 0.276. The Balaban J connectivity index is 1.23. The van der Waals surface area contributed by atoms with Crippen LogP contribution in [0.25, 0.3) is 21.4 Å². The zero-order valence-corrected chi connectivity index (χ0v) is 26.9. The number of rotatable bonds is 14. The number of thiazole rings is 1. The van der Waals surface area contributed by atoms with Gasteiger partial charge in [-0.3, -0.25) is 14.9 Å². The highest BCUT2D eigenvalue weighted by Gasteiger charge is 2.23. The number of imidazole rings is 1. The van der Waals surface area contributed by atoms with Gasteiger partial charge in [-0.15, -0.1) is 11.3 Å². The molecule has 2 N–H and O–H groups in total. The predicted octanol–water partition coefficient (Wildman–Crippen LogP) is 2.56. The van der Waals surface area contributed by atoms with Crippen LogP contribution in [-0.2, 0) is 42.2 Å². The number of aromatic nitrogens is 5. The molecule has 16 nitrogen and oxygen atoms in total. The monoisotopic (exact) mass is 682 g/mol. The molecule has 0 aliphatic heterocycles. The van der Waals surface area contributed by atoms with Gasteiger partial charge in [-0.2, -0.15) is 0 Å². The van der Waals surface area contributed by atoms with Crippen molar-refractivity contribution in [2.75, 3.05) is 38.7 Å². The summed E-state index contributed by atoms with van der Waals surface area (Å²) in [4.78, 5) is 56.1. The second-order valence-electron chi connectivity index (χ2n) is 9.78. The van der Waals surface area contributed by atoms with Crippen molar-refractivity contribution in [2.24, 2.45) is 0 Å². The Kier molecular flexibility index (Phi) is 10.5. The SMILES string of the molecule is CCOC(=O)CN(CCNS(=O)(=O)c1nc2ccccc2s1)C(=O)Cn1cnc2c(NC(=O)OCc3ccc(OC)cc3)ncnc21. The number of benzene rings is 2. The minimum absolute atomic E-state index is 0.0000543. The summed E-state index contributed by atoms with van der Waals surface area (Å²) in [6.07, 6.45) is 1.75. The molecule has 3 heterocycles. The van der Waals surface area contributed by atoms with Gasteiger partial charge in [0.1, 0.15) is 31.8 Å². The number of esters is 1. The first-order valence-corrected chi connectivity index (χ1v) is 16.5. The van der Waals surface area contributed by atoms with Gasteiger partial charge in [0.15, 0.2) is 17.0 Å². The molecule has 47 heavy (non-hydrogen) atoms. The minimum atomic E-state index is -3.98. The standard InChI is InChI=1S/C29H30N8O8S2/c1-3-44-24(39)15-36(13-12-33-47(41,42)29-34-21-6-4-5-7-22(21)46-29)23(38)14-37-18-32-25-26(30-17-31-27(25)37)35-28(40)45-16-19-8-10-20(43-2)11-9-19/h4-11,17-18,33H,3,12-16H2,1-2H3,(H,30,31,35,40). The number of sulfonamides is 1. The van der Waals surface area contributed by atoms with Crippen molar-refractivity contribution in [1.29, 1.82) is 0 Å². The van der Waals surface area contributed by atoms with E-state index in [0.29, 0.717) is 16.0 Å². The summed E-state index contributed by atoms with van der Waals surface area (Å²) in [6, 6.07) is 14.0. The summed E-state index contributed by atoms with van der Waals surface area (Å²) in [5, 5.41) is 2.53. The molecule has 5 aromatic rings. The van der Waals surface area contributed by atoms with Gasteiger partial charge in [0.2, 0.25) is 10.2 Å². The van der Waals surface area contributed by atoms with E-state index in [1.807, 2.05) is 0 Å². The van der Waals surface area contributed by atoms with Gasteiger partial charge >= 0.3 is 12.1 Å². The van der Waals surface area contributed by atoms with Crippen molar-refractivity contribution in [3.63, 3.8) is 0 Å². The Morgan fingerprint density at radius 1 is 1.02 bits per heavy atom. The van der Waals surface area contributed by atoms with Crippen molar-refractivity contribution in [3.8, 4) is 5.75 Å². The molecule has 0 radical (unpaired) electrons. The lowest BCUT2D eigenvalue weighted by atomic mass is 10.2. The summed E-state index contributed by atoms with van der Waals surface area (Å²) in [7, 11) is -2.42. The van der Waals surface area contributed by atoms with E-state index in [9.17, 15) is 22.8 Å². The van der Waals surface area contributed by atoms with E-state index in [4.69, 9.17) is 14.2 Å². The Morgan fingerprint density at radius 2 is 1.81 bits per heavy atom. The predicted molar refractivity (Wildman–Crippen MR) is 170 cm³/mol. The highest BCUT2D eigenvalue weighted by atomic mass is 32.2. The van der Waals surface area contributed by atoms with E-state index in [1.54, 1.807) is 62.6 Å². The molecule has 0 bridgehead atoms. The zero-order chi connectivity index (χ0) is 33.4. The molecule has 0 saturated carbocycles. The first-order chi connectivity index (χ1) is 22.7. The maximum atomic E-state index is 13.4. The van der Waals surface area contributed by atoms with Crippen LogP contribution in [0.15, 0.2) is 65.5 Å². The molecule has 3 aromatic heterocycles. The summed E-state index contributed by atoms with van der Waals surface area (Å²) in [6.45, 7) is 0.683. The number of hydrogen-bond acceptors (Lipinski definition) is 13. The van der Waals surface area contributed by atoms with Crippen molar-refractivity contribution < 1.29 is 37.0 Å². The van der Waals surface area contributed by atoms with Crippen molar-refractivity contribution in [2.45, 2.75) is 24.4 Å². The summed E-state index contributed by atoms with van der Waals surface area (Å²) >= 11 is 1.02. The van der Waals surface area contributed by atoms with Crippen LogP contribution >= 0.6 is 11.3 Å². The highest BCUT2D eigenvalue weighted by Crippen LogP contribution is 2.25. The van der Waals surface area contributed by atoms with Gasteiger partial charge in [0.05, 0.1) is 30.3 Å². The van der Waals surface area contributed by atoms with Gasteiger partial charge in [0, 0.05) is 13.1 Å². The Morgan fingerprint density at radius 3 is 2.55 bits per heavy atom. The average molecular weight is 683 g/mol. The summed E-state index contributed by atoms with van der Waals surface area (Å²) < 4.78 is 45.7. The summed E-state index contributed by atoms with van der Waals surface area (Å²) in [5.41, 5.74) is 1.72. The molecule has 246 valence electrons. The molecule has 18 heteroatoms. The molecule has 0 aliphatic carbocycles. The zero-order valence-electron chi connectivity index (χ0n) is 25.3. The lowest BCUT2D eigenvalue weighted by molar-refractivity contribution is -0.149. The third kappa shape index (κ3) is 8.34. The smallest absolute Gasteiger partial charge is 0.413 e. The fourth-order valence-corrected chi connectivity index (χ4v) is 6.62. The molecule has 0 aliphatic rings. The van der Waals surface area contributed by atoms with Gasteiger partial charge in [-0.25, -0.2) is 37.9 Å². The van der Waals surface area contributed by atoms with Crippen LogP contribution in [0.5, 0.6) is 5.75 Å². The van der Waals surface area contributed by atoms with Crippen molar-refractivity contribution >= 4 is 66.5 Å². The second-order valence-corrected chi connectivity index (χ2v) is 12.8. The number of anilines is 1. The maximum absolute atomic E-state index is 13.4. The largest absolute Gasteiger partial charge is 0.497 e. The van der Waals surface area contributed by atoms with Crippen LogP contribution in [-0.4, -0.2) is 89.1 Å². The number of carbonyl (C=O) groups is 3. The van der Waals surface area contributed by atoms with E-state index in [2.05, 4.69) is 30.0 Å². The molecular formula is C29H30N8O8S2. The lowest BCUT2D eigenvalue weighted by Gasteiger charge is -2.22. The molecular weight excluding hydrogens is 653 g/mol. The molecule has 0 fully saturated rings. The van der Waals surface area contributed by atoms with E-state index >= 15 is 0 Å². The topological polar surface area (TPSA) is 197 Å². The van der Waals surface area contributed by atoms with Gasteiger partial charge in [-0.05, 0) is 36.8 Å². The average Bonchev–Trinajstić information content (AvgIpc) is 3.69. The third-order valence-corrected chi connectivity index (χ3v) is 9.49. The number of methoxy groups -OCH3 is 1. The number of nitrogens with zero attached hydrogens (tertiary/aromatic N) is 6. The molecule has 5 rings (SSSR count). The Labute approximate surface area is 272 Å². The molecule has 0 unspecified atom stereocenters. The highest BCUT2D eigenvalue weighted by molar-refractivity contribution is 7.91. The Hall–Kier alpha value is -5.20. The minimum Gasteiger partial charge on any atom is -0.497 e. The molecule has 2 aromatic carbocycles. The van der Waals surface area contributed by atoms with Gasteiger partial charge < -0.3 is 23.7 Å². The number of para-hydroxylation sites is 1. The molecule has 0 spiro atoms. The van der Waals surface area contributed by atoms with Crippen LogP contribution in [0.1, 0.15) is 12.5 Å². The van der Waals surface area contributed by atoms with Gasteiger partial charge in [0.25, 0.3) is 10.0 Å². The first-order valence-electron chi connectivity index (χ1n) is 14.2. The van der Waals surface area contributed by atoms with Crippen LogP contribution < -0.4 is 14.8 Å². The maximum Gasteiger partial charge on any atom is 0.413 e. The van der Waals surface area contributed by atoms with E-state index < -0.39 is 34.5 Å². The van der Waals surface area contributed by atoms with Crippen LogP contribution in [0.3, 0.4) is 0 Å². The van der Waals surface area contributed by atoms with Crippen molar-refractivity contribution in [3.05, 3.63) is 66.7 Å². The first kappa shape index (κ1) is 33.2. The summed E-state index contributed by atoms with van der Waals surface area (Å²) in [5.74, 6) is -0.464. The van der Waals surface area contributed by atoms with Gasteiger partial charge in [-0.1, -0.05) is 24.3 Å². The number of fused-ring (bicyclic) bond motifs is 2. The third-order valence-electron chi connectivity index (χ3n) is 6.61. The lowest BCUT2D eigenvalue weighted by Crippen LogP contribution is -2.43. The quantitative estimate of drug-likeness (QED) is 0.163. The fourth-order valence-electron chi connectivity index (χ4n) is 4.33. The van der Waals surface area contributed by atoms with Crippen LogP contribution in [0.2, 0.25) is 0 Å².